The Kier molecular flexibility index (Phi) is 5.88. The lowest BCUT2D eigenvalue weighted by Gasteiger charge is -2.29. The summed E-state index contributed by atoms with van der Waals surface area (Å²) < 4.78 is 1.00. The van der Waals surface area contributed by atoms with Crippen molar-refractivity contribution in [1.29, 1.82) is 0 Å². The number of nitrogens with one attached hydrogen (secondary N) is 3. The number of hydrogen-bond acceptors (Lipinski definition) is 6. The molecule has 1 aromatic carbocycles. The molecule has 7 nitrogen and oxygen atoms in total. The molecule has 3 unspecified atom stereocenters. The van der Waals surface area contributed by atoms with Crippen molar-refractivity contribution >= 4 is 39.0 Å². The quantitative estimate of drug-likeness (QED) is 0.611. The third-order valence-corrected chi connectivity index (χ3v) is 5.62. The van der Waals surface area contributed by atoms with E-state index in [0.717, 1.165) is 10.1 Å². The van der Waals surface area contributed by atoms with Gasteiger partial charge in [-0.2, -0.15) is 0 Å². The van der Waals surface area contributed by atoms with Crippen LogP contribution in [0.3, 0.4) is 0 Å². The Hall–Kier alpha value is -2.29. The fourth-order valence-corrected chi connectivity index (χ4v) is 4.05. The standard InChI is InChI=1S/C19H23N3O4S/c1-10(2)15(18(25)21-13-7-8-20-19(26)16(13)23)22-17(24)12-9-27-14-6-4-3-5-11(12)14/h3-6,9-10,13,15,19-20,26H,7-8H2,1-2H3,(H,21,25)(H,22,24). The Morgan fingerprint density at radius 1 is 1.30 bits per heavy atom. The molecule has 0 saturated carbocycles. The summed E-state index contributed by atoms with van der Waals surface area (Å²) in [6.07, 6.45) is -0.872. The van der Waals surface area contributed by atoms with Crippen LogP contribution in [0.1, 0.15) is 30.6 Å². The molecule has 3 rings (SSSR count). The molecular formula is C19H23N3O4S. The Morgan fingerprint density at radius 3 is 2.78 bits per heavy atom. The van der Waals surface area contributed by atoms with Crippen LogP contribution in [0.5, 0.6) is 0 Å². The summed E-state index contributed by atoms with van der Waals surface area (Å²) in [7, 11) is 0. The summed E-state index contributed by atoms with van der Waals surface area (Å²) in [4.78, 5) is 37.4. The lowest BCUT2D eigenvalue weighted by atomic mass is 9.99. The van der Waals surface area contributed by atoms with Gasteiger partial charge in [0.25, 0.3) is 5.91 Å². The summed E-state index contributed by atoms with van der Waals surface area (Å²) in [5.74, 6) is -1.38. The van der Waals surface area contributed by atoms with E-state index < -0.39 is 30.0 Å². The summed E-state index contributed by atoms with van der Waals surface area (Å²) in [5, 5.41) is 20.3. The molecular weight excluding hydrogens is 366 g/mol. The van der Waals surface area contributed by atoms with E-state index in [1.165, 1.54) is 11.3 Å². The smallest absolute Gasteiger partial charge is 0.253 e. The van der Waals surface area contributed by atoms with Gasteiger partial charge in [-0.3, -0.25) is 19.7 Å². The van der Waals surface area contributed by atoms with Gasteiger partial charge < -0.3 is 15.7 Å². The van der Waals surface area contributed by atoms with Crippen LogP contribution in [-0.4, -0.2) is 47.6 Å². The molecule has 1 aliphatic rings. The van der Waals surface area contributed by atoms with E-state index in [9.17, 15) is 19.5 Å². The maximum atomic E-state index is 12.7. The van der Waals surface area contributed by atoms with E-state index in [1.54, 1.807) is 5.38 Å². The first kappa shape index (κ1) is 19.5. The van der Waals surface area contributed by atoms with Crippen LogP contribution in [0.25, 0.3) is 10.1 Å². The second kappa shape index (κ2) is 8.16. The maximum absolute atomic E-state index is 12.7. The van der Waals surface area contributed by atoms with Crippen molar-refractivity contribution in [3.63, 3.8) is 0 Å². The van der Waals surface area contributed by atoms with Gasteiger partial charge in [0, 0.05) is 22.0 Å². The van der Waals surface area contributed by atoms with E-state index in [-0.39, 0.29) is 11.8 Å². The van der Waals surface area contributed by atoms with E-state index in [1.807, 2.05) is 38.1 Å². The highest BCUT2D eigenvalue weighted by molar-refractivity contribution is 7.17. The van der Waals surface area contributed by atoms with Crippen LogP contribution in [0.15, 0.2) is 29.6 Å². The Bertz CT molecular complexity index is 864. The molecule has 0 spiro atoms. The first-order valence-corrected chi connectivity index (χ1v) is 9.79. The SMILES string of the molecule is CC(C)C(NC(=O)c1csc2ccccc12)C(=O)NC1CCNC(O)C1=O. The molecule has 2 heterocycles. The molecule has 1 aliphatic heterocycles. The predicted octanol–water partition coefficient (Wildman–Crippen LogP) is 1.02. The largest absolute Gasteiger partial charge is 0.371 e. The zero-order chi connectivity index (χ0) is 19.6. The fraction of sp³-hybridized carbons (Fsp3) is 0.421. The van der Waals surface area contributed by atoms with Gasteiger partial charge in [0.15, 0.2) is 12.0 Å². The van der Waals surface area contributed by atoms with Crippen molar-refractivity contribution in [2.75, 3.05) is 6.54 Å². The minimum absolute atomic E-state index is 0.166. The van der Waals surface area contributed by atoms with E-state index in [4.69, 9.17) is 0 Å². The number of piperidine rings is 1. The molecule has 2 aromatic rings. The molecule has 0 bridgehead atoms. The number of fused-ring (bicyclic) bond motifs is 1. The van der Waals surface area contributed by atoms with Gasteiger partial charge in [-0.15, -0.1) is 11.3 Å². The van der Waals surface area contributed by atoms with E-state index in [0.29, 0.717) is 18.5 Å². The van der Waals surface area contributed by atoms with Crippen molar-refractivity contribution in [3.05, 3.63) is 35.2 Å². The number of hydrogen-bond donors (Lipinski definition) is 4. The first-order valence-electron chi connectivity index (χ1n) is 8.91. The molecule has 2 amide bonds. The predicted molar refractivity (Wildman–Crippen MR) is 103 cm³/mol. The van der Waals surface area contributed by atoms with Gasteiger partial charge in [-0.1, -0.05) is 32.0 Å². The van der Waals surface area contributed by atoms with Crippen LogP contribution in [-0.2, 0) is 9.59 Å². The Morgan fingerprint density at radius 2 is 2.04 bits per heavy atom. The highest BCUT2D eigenvalue weighted by atomic mass is 32.1. The second-order valence-corrected chi connectivity index (χ2v) is 7.86. The zero-order valence-electron chi connectivity index (χ0n) is 15.2. The van der Waals surface area contributed by atoms with Crippen LogP contribution in [0.2, 0.25) is 0 Å². The van der Waals surface area contributed by atoms with Gasteiger partial charge in [0.1, 0.15) is 6.04 Å². The fourth-order valence-electron chi connectivity index (χ4n) is 3.11. The minimum Gasteiger partial charge on any atom is -0.371 e. The highest BCUT2D eigenvalue weighted by Crippen LogP contribution is 2.25. The number of amides is 2. The second-order valence-electron chi connectivity index (χ2n) is 6.95. The third kappa shape index (κ3) is 4.18. The van der Waals surface area contributed by atoms with Crippen LogP contribution in [0.4, 0.5) is 0 Å². The van der Waals surface area contributed by atoms with Crippen molar-refractivity contribution in [2.24, 2.45) is 5.92 Å². The Balaban J connectivity index is 1.72. The Labute approximate surface area is 161 Å². The summed E-state index contributed by atoms with van der Waals surface area (Å²) in [6.45, 7) is 4.09. The molecule has 4 N–H and O–H groups in total. The molecule has 1 fully saturated rings. The van der Waals surface area contributed by atoms with Gasteiger partial charge in [-0.25, -0.2) is 0 Å². The average Bonchev–Trinajstić information content (AvgIpc) is 3.07. The highest BCUT2D eigenvalue weighted by Gasteiger charge is 2.33. The molecule has 1 aromatic heterocycles. The molecule has 27 heavy (non-hydrogen) atoms. The van der Waals surface area contributed by atoms with Gasteiger partial charge in [-0.05, 0) is 18.4 Å². The summed E-state index contributed by atoms with van der Waals surface area (Å²) in [5.41, 5.74) is 0.530. The summed E-state index contributed by atoms with van der Waals surface area (Å²) >= 11 is 1.47. The number of ketones is 1. The normalized spacial score (nSPS) is 21.3. The maximum Gasteiger partial charge on any atom is 0.253 e. The van der Waals surface area contributed by atoms with Crippen molar-refractivity contribution in [3.8, 4) is 0 Å². The van der Waals surface area contributed by atoms with Gasteiger partial charge >= 0.3 is 0 Å². The van der Waals surface area contributed by atoms with Crippen LogP contribution < -0.4 is 16.0 Å². The van der Waals surface area contributed by atoms with E-state index >= 15 is 0 Å². The van der Waals surface area contributed by atoms with E-state index in [2.05, 4.69) is 16.0 Å². The summed E-state index contributed by atoms with van der Waals surface area (Å²) in [6, 6.07) is 6.06. The van der Waals surface area contributed by atoms with Crippen molar-refractivity contribution < 1.29 is 19.5 Å². The van der Waals surface area contributed by atoms with Crippen LogP contribution >= 0.6 is 11.3 Å². The number of aliphatic hydroxyl groups is 1. The first-order chi connectivity index (χ1) is 12.9. The topological polar surface area (TPSA) is 108 Å². The number of Topliss-reactive ketones (excluding diaryl/α,β-unsaturated/α-hetero) is 1. The number of rotatable bonds is 5. The van der Waals surface area contributed by atoms with Crippen molar-refractivity contribution in [2.45, 2.75) is 38.6 Å². The molecule has 1 saturated heterocycles. The molecule has 0 radical (unpaired) electrons. The average molecular weight is 389 g/mol. The number of thiophene rings is 1. The van der Waals surface area contributed by atoms with Gasteiger partial charge in [0.05, 0.1) is 11.6 Å². The molecule has 8 heteroatoms. The lowest BCUT2D eigenvalue weighted by molar-refractivity contribution is -0.137. The third-order valence-electron chi connectivity index (χ3n) is 4.66. The van der Waals surface area contributed by atoms with Crippen LogP contribution in [0, 0.1) is 5.92 Å². The number of benzene rings is 1. The minimum atomic E-state index is -1.27. The number of aliphatic hydroxyl groups excluding tert-OH is 1. The van der Waals surface area contributed by atoms with Gasteiger partial charge in [0.2, 0.25) is 5.91 Å². The van der Waals surface area contributed by atoms with Crippen molar-refractivity contribution in [1.82, 2.24) is 16.0 Å². The molecule has 144 valence electrons. The number of carbonyl (C=O) groups excluding carboxylic acids is 3. The number of carbonyl (C=O) groups is 3. The molecule has 3 atom stereocenters. The lowest BCUT2D eigenvalue weighted by Crippen LogP contribution is -2.59. The monoisotopic (exact) mass is 389 g/mol. The molecule has 0 aliphatic carbocycles. The zero-order valence-corrected chi connectivity index (χ0v) is 16.0.